The van der Waals surface area contributed by atoms with E-state index in [1.807, 2.05) is 0 Å². The molecule has 0 saturated carbocycles. The molecule has 0 spiro atoms. The van der Waals surface area contributed by atoms with Crippen molar-refractivity contribution < 1.29 is 0 Å². The molecule has 0 aromatic carbocycles. The predicted octanol–water partition coefficient (Wildman–Crippen LogP) is 9.79. The molecule has 0 atom stereocenters. The summed E-state index contributed by atoms with van der Waals surface area (Å²) in [6, 6.07) is 0. The summed E-state index contributed by atoms with van der Waals surface area (Å²) in [6.07, 6.45) is 29.6. The average molecular weight is 402 g/mol. The lowest BCUT2D eigenvalue weighted by Crippen LogP contribution is -1.90. The number of unbranched alkanes of at least 4 members (excludes halogenated alkanes) is 18. The van der Waals surface area contributed by atoms with Crippen LogP contribution in [-0.2, 0) is 0 Å². The second-order valence-electron chi connectivity index (χ2n) is 8.23. The highest BCUT2D eigenvalue weighted by Gasteiger charge is 1.96. The van der Waals surface area contributed by atoms with Crippen LogP contribution in [-0.4, -0.2) is 15.2 Å². The molecule has 0 aliphatic rings. The average Bonchev–Trinajstić information content (AvgIpc) is 2.63. The monoisotopic (exact) mass is 401 g/mol. The maximum absolute atomic E-state index is 2.30. The van der Waals surface area contributed by atoms with Crippen LogP contribution in [0.4, 0.5) is 0 Å². The third kappa shape index (κ3) is 27.0. The van der Waals surface area contributed by atoms with Crippen molar-refractivity contribution in [2.75, 3.05) is 0 Å². The molecule has 0 saturated heterocycles. The Morgan fingerprint density at radius 1 is 0.346 bits per heavy atom. The van der Waals surface area contributed by atoms with Gasteiger partial charge in [-0.15, -0.1) is 23.0 Å². The van der Waals surface area contributed by atoms with E-state index in [1.165, 1.54) is 128 Å². The molecule has 0 heterocycles. The van der Waals surface area contributed by atoms with E-state index in [0.717, 1.165) is 15.2 Å². The molecule has 26 heavy (non-hydrogen) atoms. The standard InChI is InChI=1S/2C12H25.Al.ClH/c2*1-3-5-7-9-11-12-10-8-6-4-2;;/h2*1,3-12H2,2H3;;1H. The van der Waals surface area contributed by atoms with E-state index in [0.29, 0.717) is 0 Å². The van der Waals surface area contributed by atoms with Crippen molar-refractivity contribution >= 4 is 27.6 Å². The Balaban J connectivity index is 0. The van der Waals surface area contributed by atoms with Gasteiger partial charge in [0.2, 0.25) is 0 Å². The van der Waals surface area contributed by atoms with Gasteiger partial charge in [-0.2, -0.15) is 0 Å². The summed E-state index contributed by atoms with van der Waals surface area (Å²) in [6.45, 7) is 4.61. The first-order valence-electron chi connectivity index (χ1n) is 12.2. The third-order valence-corrected chi connectivity index (χ3v) is 7.16. The maximum Gasteiger partial charge on any atom is 0.199 e. The van der Waals surface area contributed by atoms with E-state index >= 15 is 0 Å². The minimum atomic E-state index is 0. The lowest BCUT2D eigenvalue weighted by Gasteiger charge is -2.03. The van der Waals surface area contributed by atoms with Crippen molar-refractivity contribution in [3.8, 4) is 0 Å². The third-order valence-electron chi connectivity index (χ3n) is 5.52. The lowest BCUT2D eigenvalue weighted by molar-refractivity contribution is 0.560. The fourth-order valence-electron chi connectivity index (χ4n) is 3.70. The summed E-state index contributed by atoms with van der Waals surface area (Å²) in [7, 11) is 0. The largest absolute Gasteiger partial charge is 0.199 e. The zero-order valence-corrected chi connectivity index (χ0v) is 20.5. The summed E-state index contributed by atoms with van der Waals surface area (Å²) < 4.78 is 0. The first-order valence-corrected chi connectivity index (χ1v) is 13.9. The zero-order valence-electron chi connectivity index (χ0n) is 18.5. The van der Waals surface area contributed by atoms with Crippen LogP contribution in [0.3, 0.4) is 0 Å². The van der Waals surface area contributed by atoms with Crippen LogP contribution in [0.1, 0.15) is 142 Å². The molecule has 0 amide bonds. The van der Waals surface area contributed by atoms with Crippen LogP contribution in [0.5, 0.6) is 0 Å². The van der Waals surface area contributed by atoms with Crippen molar-refractivity contribution in [2.24, 2.45) is 0 Å². The van der Waals surface area contributed by atoms with Crippen LogP contribution >= 0.6 is 12.4 Å². The number of hydrogen-bond donors (Lipinski definition) is 0. The van der Waals surface area contributed by atoms with Gasteiger partial charge in [0, 0.05) is 0 Å². The Labute approximate surface area is 180 Å². The molecule has 0 unspecified atom stereocenters. The summed E-state index contributed by atoms with van der Waals surface area (Å²) in [5.74, 6) is 0. The Hall–Kier alpha value is 0.822. The summed E-state index contributed by atoms with van der Waals surface area (Å²) in [5.41, 5.74) is 0. The summed E-state index contributed by atoms with van der Waals surface area (Å²) in [5, 5.41) is 3.15. The van der Waals surface area contributed by atoms with Gasteiger partial charge in [-0.05, 0) is 0 Å². The van der Waals surface area contributed by atoms with E-state index in [2.05, 4.69) is 13.8 Å². The van der Waals surface area contributed by atoms with Gasteiger partial charge in [0.15, 0.2) is 15.2 Å². The first kappa shape index (κ1) is 29.0. The SMILES string of the molecule is CCCCCCCCCCC[CH2][Al][CH2]CCCCCCCCCCC.Cl. The highest BCUT2D eigenvalue weighted by atomic mass is 35.5. The molecule has 0 fully saturated rings. The van der Waals surface area contributed by atoms with E-state index in [4.69, 9.17) is 0 Å². The topological polar surface area (TPSA) is 0 Å². The Bertz CT molecular complexity index is 198. The van der Waals surface area contributed by atoms with E-state index in [1.54, 1.807) is 10.6 Å². The molecule has 0 aromatic heterocycles. The predicted molar refractivity (Wildman–Crippen MR) is 126 cm³/mol. The lowest BCUT2D eigenvalue weighted by atomic mass is 10.1. The van der Waals surface area contributed by atoms with E-state index in [9.17, 15) is 0 Å². The molecule has 0 aromatic rings. The highest BCUT2D eigenvalue weighted by Crippen LogP contribution is 2.13. The fraction of sp³-hybridized carbons (Fsp3) is 1.00. The Morgan fingerprint density at radius 2 is 0.577 bits per heavy atom. The number of rotatable bonds is 22. The van der Waals surface area contributed by atoms with E-state index < -0.39 is 0 Å². The molecule has 2 heteroatoms. The van der Waals surface area contributed by atoms with Crippen molar-refractivity contribution in [2.45, 2.75) is 153 Å². The first-order chi connectivity index (χ1) is 12.4. The van der Waals surface area contributed by atoms with Gasteiger partial charge in [-0.25, -0.2) is 0 Å². The van der Waals surface area contributed by atoms with Crippen molar-refractivity contribution in [1.82, 2.24) is 0 Å². The molecule has 0 bridgehead atoms. The van der Waals surface area contributed by atoms with Crippen LogP contribution in [0.2, 0.25) is 10.6 Å². The highest BCUT2D eigenvalue weighted by molar-refractivity contribution is 6.35. The fourth-order valence-corrected chi connectivity index (χ4v) is 5.14. The van der Waals surface area contributed by atoms with Gasteiger partial charge in [-0.3, -0.25) is 0 Å². The minimum absolute atomic E-state index is 0. The minimum Gasteiger partial charge on any atom is -0.147 e. The van der Waals surface area contributed by atoms with Crippen LogP contribution in [0, 0.1) is 0 Å². The van der Waals surface area contributed by atoms with Crippen LogP contribution in [0.25, 0.3) is 0 Å². The van der Waals surface area contributed by atoms with Crippen molar-refractivity contribution in [1.29, 1.82) is 0 Å². The molecule has 1 radical (unpaired) electrons. The van der Waals surface area contributed by atoms with Crippen molar-refractivity contribution in [3.63, 3.8) is 0 Å². The molecule has 0 aliphatic heterocycles. The Kier molecular flexibility index (Phi) is 31.3. The van der Waals surface area contributed by atoms with Gasteiger partial charge in [0.05, 0.1) is 0 Å². The van der Waals surface area contributed by atoms with Gasteiger partial charge in [0.1, 0.15) is 0 Å². The molecule has 0 rings (SSSR count). The Morgan fingerprint density at radius 3 is 0.846 bits per heavy atom. The van der Waals surface area contributed by atoms with Crippen LogP contribution in [0.15, 0.2) is 0 Å². The molecule has 0 N–H and O–H groups in total. The van der Waals surface area contributed by atoms with Gasteiger partial charge in [-0.1, -0.05) is 142 Å². The van der Waals surface area contributed by atoms with Gasteiger partial charge in [0.25, 0.3) is 0 Å². The second kappa shape index (κ2) is 28.0. The second-order valence-corrected chi connectivity index (χ2v) is 9.96. The molecular weight excluding hydrogens is 351 g/mol. The molecule has 0 aliphatic carbocycles. The normalized spacial score (nSPS) is 10.7. The number of hydrogen-bond acceptors (Lipinski definition) is 0. The summed E-state index contributed by atoms with van der Waals surface area (Å²) >= 11 is 0.780. The van der Waals surface area contributed by atoms with Gasteiger partial charge >= 0.3 is 0 Å². The number of halogens is 1. The molecule has 0 nitrogen and oxygen atoms in total. The van der Waals surface area contributed by atoms with E-state index in [-0.39, 0.29) is 12.4 Å². The quantitative estimate of drug-likeness (QED) is 0.125. The van der Waals surface area contributed by atoms with Crippen LogP contribution < -0.4 is 0 Å². The zero-order chi connectivity index (χ0) is 18.3. The smallest absolute Gasteiger partial charge is 0.147 e. The van der Waals surface area contributed by atoms with Gasteiger partial charge < -0.3 is 0 Å². The van der Waals surface area contributed by atoms with Crippen molar-refractivity contribution in [3.05, 3.63) is 0 Å². The molecular formula is C24H51AlCl. The molecule has 157 valence electrons. The maximum atomic E-state index is 2.30. The summed E-state index contributed by atoms with van der Waals surface area (Å²) in [4.78, 5) is 0.